The van der Waals surface area contributed by atoms with Gasteiger partial charge in [0.25, 0.3) is 5.91 Å². The number of carbonyl (C=O) groups excluding carboxylic acids is 3. The van der Waals surface area contributed by atoms with Crippen molar-refractivity contribution in [2.24, 2.45) is 5.41 Å². The van der Waals surface area contributed by atoms with Crippen molar-refractivity contribution in [1.29, 1.82) is 0 Å². The zero-order chi connectivity index (χ0) is 22.1. The van der Waals surface area contributed by atoms with Gasteiger partial charge in [0.15, 0.2) is 11.4 Å². The second kappa shape index (κ2) is 7.88. The van der Waals surface area contributed by atoms with Gasteiger partial charge in [0, 0.05) is 28.8 Å². The standard InChI is InChI=1S/C24H26N2O4/c1-5-13-26-19-12-7-6-11-18(19)24(30,22(26)29)15-20(27)16-9-8-10-17(14-16)25-21(28)23(2,3)4/h5-12,14,30H,1,13,15H2,2-4H3,(H,25,28)/t24-/m0/s1. The molecular formula is C24H26N2O4. The quantitative estimate of drug-likeness (QED) is 0.566. The van der Waals surface area contributed by atoms with Crippen LogP contribution < -0.4 is 10.2 Å². The molecule has 0 aromatic heterocycles. The first kappa shape index (κ1) is 21.5. The van der Waals surface area contributed by atoms with E-state index in [0.29, 0.717) is 22.5 Å². The van der Waals surface area contributed by atoms with Crippen LogP contribution >= 0.6 is 0 Å². The maximum atomic E-state index is 13.0. The van der Waals surface area contributed by atoms with Crippen LogP contribution in [0.5, 0.6) is 0 Å². The molecule has 1 aliphatic rings. The Morgan fingerprint density at radius 3 is 2.53 bits per heavy atom. The highest BCUT2D eigenvalue weighted by molar-refractivity contribution is 6.11. The highest BCUT2D eigenvalue weighted by Crippen LogP contribution is 2.42. The summed E-state index contributed by atoms with van der Waals surface area (Å²) in [4.78, 5) is 39.6. The fourth-order valence-electron chi connectivity index (χ4n) is 3.41. The Kier molecular flexibility index (Phi) is 5.63. The molecule has 6 nitrogen and oxygen atoms in total. The van der Waals surface area contributed by atoms with Crippen LogP contribution in [0.1, 0.15) is 43.1 Å². The molecule has 6 heteroatoms. The van der Waals surface area contributed by atoms with E-state index in [1.165, 1.54) is 4.90 Å². The summed E-state index contributed by atoms with van der Waals surface area (Å²) in [5.41, 5.74) is -0.751. The third-order valence-electron chi connectivity index (χ3n) is 5.09. The lowest BCUT2D eigenvalue weighted by Gasteiger charge is -2.22. The number of ketones is 1. The van der Waals surface area contributed by atoms with E-state index in [1.54, 1.807) is 75.4 Å². The second-order valence-corrected chi connectivity index (χ2v) is 8.47. The molecule has 2 aromatic rings. The van der Waals surface area contributed by atoms with E-state index in [-0.39, 0.29) is 12.5 Å². The van der Waals surface area contributed by atoms with Crippen molar-refractivity contribution in [1.82, 2.24) is 0 Å². The lowest BCUT2D eigenvalue weighted by Crippen LogP contribution is -2.41. The number of amides is 2. The number of Topliss-reactive ketones (excluding diaryl/α,β-unsaturated/α-hetero) is 1. The van der Waals surface area contributed by atoms with E-state index in [9.17, 15) is 19.5 Å². The molecule has 0 unspecified atom stereocenters. The van der Waals surface area contributed by atoms with Crippen molar-refractivity contribution < 1.29 is 19.5 Å². The first-order valence-corrected chi connectivity index (χ1v) is 9.77. The van der Waals surface area contributed by atoms with Crippen LogP contribution in [0.2, 0.25) is 0 Å². The predicted octanol–water partition coefficient (Wildman–Crippen LogP) is 3.66. The predicted molar refractivity (Wildman–Crippen MR) is 116 cm³/mol. The van der Waals surface area contributed by atoms with Crippen molar-refractivity contribution in [2.75, 3.05) is 16.8 Å². The number of hydrogen-bond acceptors (Lipinski definition) is 4. The lowest BCUT2D eigenvalue weighted by molar-refractivity contribution is -0.135. The summed E-state index contributed by atoms with van der Waals surface area (Å²) in [7, 11) is 0. The van der Waals surface area contributed by atoms with E-state index in [4.69, 9.17) is 0 Å². The third-order valence-corrected chi connectivity index (χ3v) is 5.09. The van der Waals surface area contributed by atoms with E-state index >= 15 is 0 Å². The zero-order valence-corrected chi connectivity index (χ0v) is 17.4. The summed E-state index contributed by atoms with van der Waals surface area (Å²) in [6.45, 7) is 9.29. The monoisotopic (exact) mass is 406 g/mol. The fraction of sp³-hybridized carbons (Fsp3) is 0.292. The molecule has 0 radical (unpaired) electrons. The van der Waals surface area contributed by atoms with Crippen molar-refractivity contribution in [3.05, 3.63) is 72.3 Å². The molecule has 0 saturated carbocycles. The smallest absolute Gasteiger partial charge is 0.264 e. The van der Waals surface area contributed by atoms with Gasteiger partial charge in [-0.1, -0.05) is 57.2 Å². The van der Waals surface area contributed by atoms with E-state index in [0.717, 1.165) is 0 Å². The van der Waals surface area contributed by atoms with Gasteiger partial charge in [-0.15, -0.1) is 6.58 Å². The van der Waals surface area contributed by atoms with E-state index in [1.807, 2.05) is 0 Å². The average Bonchev–Trinajstić information content (AvgIpc) is 2.90. The molecular weight excluding hydrogens is 380 g/mol. The summed E-state index contributed by atoms with van der Waals surface area (Å²) < 4.78 is 0. The Balaban J connectivity index is 1.87. The first-order chi connectivity index (χ1) is 14.1. The van der Waals surface area contributed by atoms with Crippen LogP contribution in [0.4, 0.5) is 11.4 Å². The van der Waals surface area contributed by atoms with E-state index < -0.39 is 29.1 Å². The molecule has 2 amide bonds. The van der Waals surface area contributed by atoms with Gasteiger partial charge in [0.1, 0.15) is 0 Å². The topological polar surface area (TPSA) is 86.7 Å². The summed E-state index contributed by atoms with van der Waals surface area (Å²) in [5, 5.41) is 14.0. The summed E-state index contributed by atoms with van der Waals surface area (Å²) in [5.74, 6) is -1.12. The molecule has 156 valence electrons. The van der Waals surface area contributed by atoms with Gasteiger partial charge >= 0.3 is 0 Å². The Bertz CT molecular complexity index is 1020. The Hall–Kier alpha value is -3.25. The number of carbonyl (C=O) groups is 3. The number of anilines is 2. The number of hydrogen-bond donors (Lipinski definition) is 2. The lowest BCUT2D eigenvalue weighted by atomic mass is 9.88. The molecule has 30 heavy (non-hydrogen) atoms. The van der Waals surface area contributed by atoms with Gasteiger partial charge in [0.05, 0.1) is 12.1 Å². The molecule has 2 aromatic carbocycles. The Morgan fingerprint density at radius 1 is 1.17 bits per heavy atom. The van der Waals surface area contributed by atoms with Gasteiger partial charge in [-0.2, -0.15) is 0 Å². The molecule has 0 spiro atoms. The highest BCUT2D eigenvalue weighted by Gasteiger charge is 2.50. The second-order valence-electron chi connectivity index (χ2n) is 8.47. The molecule has 2 N–H and O–H groups in total. The minimum absolute atomic E-state index is 0.175. The average molecular weight is 406 g/mol. The van der Waals surface area contributed by atoms with Gasteiger partial charge < -0.3 is 15.3 Å². The Morgan fingerprint density at radius 2 is 1.87 bits per heavy atom. The van der Waals surface area contributed by atoms with Crippen LogP contribution in [0.25, 0.3) is 0 Å². The molecule has 0 bridgehead atoms. The molecule has 0 fully saturated rings. The van der Waals surface area contributed by atoms with Gasteiger partial charge in [-0.05, 0) is 18.2 Å². The SMILES string of the molecule is C=CCN1C(=O)[C@](O)(CC(=O)c2cccc(NC(=O)C(C)(C)C)c2)c2ccccc21. The number of nitrogens with zero attached hydrogens (tertiary/aromatic N) is 1. The molecule has 3 rings (SSSR count). The molecule has 0 saturated heterocycles. The van der Waals surface area contributed by atoms with E-state index in [2.05, 4.69) is 11.9 Å². The Labute approximate surface area is 176 Å². The summed E-state index contributed by atoms with van der Waals surface area (Å²) in [6.07, 6.45) is 1.18. The van der Waals surface area contributed by atoms with Gasteiger partial charge in [0.2, 0.25) is 5.91 Å². The normalized spacial score (nSPS) is 18.1. The third kappa shape index (κ3) is 3.91. The van der Waals surface area contributed by atoms with Crippen LogP contribution in [0.15, 0.2) is 61.2 Å². The summed E-state index contributed by atoms with van der Waals surface area (Å²) in [6, 6.07) is 13.4. The number of rotatable bonds is 6. The van der Waals surface area contributed by atoms with Crippen molar-refractivity contribution in [3.8, 4) is 0 Å². The van der Waals surface area contributed by atoms with Gasteiger partial charge in [-0.3, -0.25) is 14.4 Å². The number of para-hydroxylation sites is 1. The largest absolute Gasteiger partial charge is 0.375 e. The number of nitrogens with one attached hydrogen (secondary N) is 1. The van der Waals surface area contributed by atoms with Crippen LogP contribution in [-0.2, 0) is 15.2 Å². The first-order valence-electron chi connectivity index (χ1n) is 9.77. The summed E-state index contributed by atoms with van der Waals surface area (Å²) >= 11 is 0. The van der Waals surface area contributed by atoms with Gasteiger partial charge in [-0.25, -0.2) is 0 Å². The minimum Gasteiger partial charge on any atom is -0.375 e. The number of fused-ring (bicyclic) bond motifs is 1. The van der Waals surface area contributed by atoms with Crippen molar-refractivity contribution >= 4 is 29.0 Å². The van der Waals surface area contributed by atoms with Crippen LogP contribution in [0, 0.1) is 5.41 Å². The van der Waals surface area contributed by atoms with Crippen molar-refractivity contribution in [3.63, 3.8) is 0 Å². The minimum atomic E-state index is -1.94. The maximum Gasteiger partial charge on any atom is 0.264 e. The van der Waals surface area contributed by atoms with Crippen LogP contribution in [0.3, 0.4) is 0 Å². The zero-order valence-electron chi connectivity index (χ0n) is 17.4. The molecule has 1 heterocycles. The number of aliphatic hydroxyl groups is 1. The highest BCUT2D eigenvalue weighted by atomic mass is 16.3. The number of benzene rings is 2. The van der Waals surface area contributed by atoms with Crippen LogP contribution in [-0.4, -0.2) is 29.2 Å². The molecule has 0 aliphatic carbocycles. The molecule has 1 aliphatic heterocycles. The fourth-order valence-corrected chi connectivity index (χ4v) is 3.41. The maximum absolute atomic E-state index is 13.0. The van der Waals surface area contributed by atoms with Crippen molar-refractivity contribution in [2.45, 2.75) is 32.8 Å². The molecule has 1 atom stereocenters.